The number of benzene rings is 2. The molecule has 0 aliphatic carbocycles. The Bertz CT molecular complexity index is 997. The molecule has 4 N–H and O–H groups in total. The first-order valence-corrected chi connectivity index (χ1v) is 11.2. The molecule has 0 bridgehead atoms. The van der Waals surface area contributed by atoms with Crippen LogP contribution in [-0.4, -0.2) is 28.2 Å². The van der Waals surface area contributed by atoms with Crippen LogP contribution in [0.4, 0.5) is 4.79 Å². The molecule has 2 rings (SSSR count). The summed E-state index contributed by atoms with van der Waals surface area (Å²) in [5, 5.41) is 21.3. The summed E-state index contributed by atoms with van der Waals surface area (Å²) in [7, 11) is 0. The Balaban J connectivity index is 2.20. The smallest absolute Gasteiger partial charge is 0.414 e. The number of halogens is 2. The fourth-order valence-corrected chi connectivity index (χ4v) is 4.18. The van der Waals surface area contributed by atoms with Crippen molar-refractivity contribution in [2.75, 3.05) is 0 Å². The van der Waals surface area contributed by atoms with E-state index >= 15 is 0 Å². The number of rotatable bonds is 8. The van der Waals surface area contributed by atoms with E-state index in [2.05, 4.69) is 37.2 Å². The summed E-state index contributed by atoms with van der Waals surface area (Å²) in [6.07, 6.45) is 1.81. The van der Waals surface area contributed by atoms with Crippen LogP contribution >= 0.6 is 31.9 Å². The minimum absolute atomic E-state index is 0.0950. The van der Waals surface area contributed by atoms with Gasteiger partial charge >= 0.3 is 6.09 Å². The van der Waals surface area contributed by atoms with E-state index in [1.54, 1.807) is 48.5 Å². The second-order valence-corrected chi connectivity index (χ2v) is 8.67. The molecule has 2 aromatic carbocycles. The molecule has 0 saturated carbocycles. The molecule has 0 radical (unpaired) electrons. The molecule has 32 heavy (non-hydrogen) atoms. The lowest BCUT2D eigenvalue weighted by atomic mass is 9.92. The van der Waals surface area contributed by atoms with Gasteiger partial charge in [0.2, 0.25) is 0 Å². The molecule has 0 aromatic heterocycles. The summed E-state index contributed by atoms with van der Waals surface area (Å²) in [5.41, 5.74) is 2.15. The molecule has 0 heterocycles. The van der Waals surface area contributed by atoms with Crippen molar-refractivity contribution >= 4 is 49.8 Å². The highest BCUT2D eigenvalue weighted by atomic mass is 79.9. The molecule has 2 aromatic rings. The van der Waals surface area contributed by atoms with E-state index in [1.807, 2.05) is 6.92 Å². The van der Waals surface area contributed by atoms with E-state index in [4.69, 9.17) is 9.94 Å². The third kappa shape index (κ3) is 7.47. The standard InChI is InChI=1S/C22H22Br2N2O6/c1-13(7-5-6-10-18(27)26-31)20(16-11-15(23)12-17(24)19(16)28)32-22(30)25-21(29)14-8-3-2-4-9-14/h2-4,6,8-13,20,28,31H,5,7H2,1H3,(H,26,27)(H,25,29,30)/b10-6+/t13-,20-/m0/s1. The molecule has 0 unspecified atom stereocenters. The van der Waals surface area contributed by atoms with Crippen molar-refractivity contribution in [1.82, 2.24) is 10.8 Å². The van der Waals surface area contributed by atoms with Gasteiger partial charge in [-0.3, -0.25) is 20.1 Å². The van der Waals surface area contributed by atoms with E-state index in [0.717, 1.165) is 0 Å². The average Bonchev–Trinajstić information content (AvgIpc) is 2.77. The van der Waals surface area contributed by atoms with Crippen LogP contribution in [0.1, 0.15) is 41.8 Å². The Morgan fingerprint density at radius 1 is 1.16 bits per heavy atom. The van der Waals surface area contributed by atoms with Crippen LogP contribution in [0.15, 0.2) is 63.6 Å². The minimum atomic E-state index is -0.957. The lowest BCUT2D eigenvalue weighted by Crippen LogP contribution is -2.33. The molecule has 0 aliphatic heterocycles. The summed E-state index contributed by atoms with van der Waals surface area (Å²) in [5.74, 6) is -1.67. The number of carbonyl (C=O) groups is 3. The van der Waals surface area contributed by atoms with Gasteiger partial charge in [-0.1, -0.05) is 47.1 Å². The Hall–Kier alpha value is -2.69. The lowest BCUT2D eigenvalue weighted by Gasteiger charge is -2.25. The molecular formula is C22H22Br2N2O6. The maximum absolute atomic E-state index is 12.5. The van der Waals surface area contributed by atoms with Crippen molar-refractivity contribution in [3.05, 3.63) is 74.7 Å². The van der Waals surface area contributed by atoms with Crippen molar-refractivity contribution < 1.29 is 29.4 Å². The van der Waals surface area contributed by atoms with Gasteiger partial charge in [0.05, 0.1) is 4.47 Å². The fourth-order valence-electron chi connectivity index (χ4n) is 2.93. The van der Waals surface area contributed by atoms with E-state index in [0.29, 0.717) is 32.9 Å². The number of imide groups is 1. The predicted molar refractivity (Wildman–Crippen MR) is 124 cm³/mol. The van der Waals surface area contributed by atoms with Gasteiger partial charge in [-0.2, -0.15) is 0 Å². The lowest BCUT2D eigenvalue weighted by molar-refractivity contribution is -0.124. The first-order chi connectivity index (χ1) is 15.2. The Morgan fingerprint density at radius 3 is 2.50 bits per heavy atom. The molecule has 0 spiro atoms. The zero-order valence-electron chi connectivity index (χ0n) is 17.0. The second-order valence-electron chi connectivity index (χ2n) is 6.90. The molecular weight excluding hydrogens is 548 g/mol. The Labute approximate surface area is 201 Å². The third-order valence-electron chi connectivity index (χ3n) is 4.53. The van der Waals surface area contributed by atoms with E-state index in [-0.39, 0.29) is 11.7 Å². The zero-order chi connectivity index (χ0) is 23.7. The van der Waals surface area contributed by atoms with Crippen LogP contribution in [0.2, 0.25) is 0 Å². The van der Waals surface area contributed by atoms with Crippen molar-refractivity contribution in [2.24, 2.45) is 5.92 Å². The number of allylic oxidation sites excluding steroid dienone is 1. The number of ether oxygens (including phenoxy) is 1. The number of phenols is 1. The Morgan fingerprint density at radius 2 is 1.84 bits per heavy atom. The highest BCUT2D eigenvalue weighted by Crippen LogP contribution is 2.40. The number of hydrogen-bond donors (Lipinski definition) is 4. The molecule has 0 saturated heterocycles. The second kappa shape index (κ2) is 12.4. The molecule has 3 amide bonds. The number of aromatic hydroxyl groups is 1. The normalized spacial score (nSPS) is 12.8. The highest BCUT2D eigenvalue weighted by molar-refractivity contribution is 9.11. The maximum Gasteiger partial charge on any atom is 0.414 e. The van der Waals surface area contributed by atoms with Crippen LogP contribution in [0, 0.1) is 5.92 Å². The first-order valence-electron chi connectivity index (χ1n) is 9.58. The van der Waals surface area contributed by atoms with Gasteiger partial charge in [0.15, 0.2) is 0 Å². The summed E-state index contributed by atoms with van der Waals surface area (Å²) < 4.78 is 6.62. The zero-order valence-corrected chi connectivity index (χ0v) is 20.2. The summed E-state index contributed by atoms with van der Waals surface area (Å²) >= 11 is 6.63. The molecule has 2 atom stereocenters. The number of alkyl carbamates (subject to hydrolysis) is 1. The number of nitrogens with one attached hydrogen (secondary N) is 2. The number of hydroxylamine groups is 1. The van der Waals surface area contributed by atoms with Gasteiger partial charge in [0, 0.05) is 21.7 Å². The monoisotopic (exact) mass is 568 g/mol. The van der Waals surface area contributed by atoms with E-state index in [1.165, 1.54) is 11.6 Å². The average molecular weight is 570 g/mol. The number of amides is 3. The molecule has 0 aliphatic rings. The van der Waals surface area contributed by atoms with Crippen LogP contribution in [0.5, 0.6) is 5.75 Å². The molecule has 170 valence electrons. The Kier molecular flexibility index (Phi) is 9.89. The highest BCUT2D eigenvalue weighted by Gasteiger charge is 2.28. The summed E-state index contributed by atoms with van der Waals surface area (Å²) in [4.78, 5) is 35.9. The van der Waals surface area contributed by atoms with Crippen LogP contribution in [0.25, 0.3) is 0 Å². The van der Waals surface area contributed by atoms with Crippen LogP contribution < -0.4 is 10.8 Å². The largest absolute Gasteiger partial charge is 0.506 e. The van der Waals surface area contributed by atoms with Crippen LogP contribution in [-0.2, 0) is 9.53 Å². The van der Waals surface area contributed by atoms with Gasteiger partial charge in [0.1, 0.15) is 11.9 Å². The van der Waals surface area contributed by atoms with Gasteiger partial charge in [0.25, 0.3) is 11.8 Å². The van der Waals surface area contributed by atoms with Crippen molar-refractivity contribution in [3.63, 3.8) is 0 Å². The molecule has 0 fully saturated rings. The third-order valence-corrected chi connectivity index (χ3v) is 5.60. The topological polar surface area (TPSA) is 125 Å². The van der Waals surface area contributed by atoms with Crippen molar-refractivity contribution in [1.29, 1.82) is 0 Å². The van der Waals surface area contributed by atoms with Crippen molar-refractivity contribution in [2.45, 2.75) is 25.9 Å². The number of carbonyl (C=O) groups excluding carboxylic acids is 3. The summed E-state index contributed by atoms with van der Waals surface area (Å²) in [6.45, 7) is 1.81. The van der Waals surface area contributed by atoms with Gasteiger partial charge < -0.3 is 9.84 Å². The summed E-state index contributed by atoms with van der Waals surface area (Å²) in [6, 6.07) is 11.5. The number of hydrogen-bond acceptors (Lipinski definition) is 6. The number of phenolic OH excluding ortho intramolecular Hbond substituents is 1. The van der Waals surface area contributed by atoms with E-state index < -0.39 is 24.0 Å². The van der Waals surface area contributed by atoms with Gasteiger partial charge in [-0.15, -0.1) is 0 Å². The minimum Gasteiger partial charge on any atom is -0.506 e. The molecule has 8 nitrogen and oxygen atoms in total. The van der Waals surface area contributed by atoms with Crippen molar-refractivity contribution in [3.8, 4) is 5.75 Å². The maximum atomic E-state index is 12.5. The predicted octanol–water partition coefficient (Wildman–Crippen LogP) is 5.00. The van der Waals surface area contributed by atoms with Gasteiger partial charge in [-0.25, -0.2) is 10.3 Å². The SMILES string of the molecule is C[C@@H](CC/C=C/C(=O)NO)[C@H](OC(=O)NC(=O)c1ccccc1)c1cc(Br)cc(Br)c1O. The van der Waals surface area contributed by atoms with Gasteiger partial charge in [-0.05, 0) is 59.0 Å². The molecule has 10 heteroatoms. The fraction of sp³-hybridized carbons (Fsp3) is 0.227. The van der Waals surface area contributed by atoms with Crippen LogP contribution in [0.3, 0.4) is 0 Å². The first kappa shape index (κ1) is 25.6. The van der Waals surface area contributed by atoms with E-state index in [9.17, 15) is 19.5 Å². The quantitative estimate of drug-likeness (QED) is 0.201.